The lowest BCUT2D eigenvalue weighted by Gasteiger charge is -2.46. The zero-order chi connectivity index (χ0) is 18.7. The molecular weight excluding hydrogens is 344 g/mol. The van der Waals surface area contributed by atoms with Gasteiger partial charge in [-0.05, 0) is 44.6 Å². The van der Waals surface area contributed by atoms with Crippen LogP contribution >= 0.6 is 0 Å². The highest BCUT2D eigenvalue weighted by molar-refractivity contribution is 5.15. The Balaban J connectivity index is 1.31. The summed E-state index contributed by atoms with van der Waals surface area (Å²) in [4.78, 5) is 11.4. The van der Waals surface area contributed by atoms with Crippen LogP contribution in [0.15, 0.2) is 22.7 Å². The van der Waals surface area contributed by atoms with Crippen LogP contribution in [0.4, 0.5) is 0 Å². The highest BCUT2D eigenvalue weighted by Gasteiger charge is 2.40. The van der Waals surface area contributed by atoms with Gasteiger partial charge in [-0.25, -0.2) is 4.98 Å². The fourth-order valence-corrected chi connectivity index (χ4v) is 4.33. The molecule has 4 heterocycles. The van der Waals surface area contributed by atoms with E-state index in [2.05, 4.69) is 26.1 Å². The topological polar surface area (TPSA) is 73.5 Å². The zero-order valence-electron chi connectivity index (χ0n) is 16.2. The molecule has 27 heavy (non-hydrogen) atoms. The predicted molar refractivity (Wildman–Crippen MR) is 99.4 cm³/mol. The molecule has 2 saturated heterocycles. The molecule has 2 aliphatic rings. The maximum Gasteiger partial charge on any atom is 0.226 e. The molecule has 7 heteroatoms. The maximum absolute atomic E-state index is 6.29. The first-order valence-electron chi connectivity index (χ1n) is 9.80. The van der Waals surface area contributed by atoms with E-state index in [0.29, 0.717) is 17.6 Å². The number of aryl methyl sites for hydroxylation is 1. The molecule has 0 radical (unpaired) electrons. The van der Waals surface area contributed by atoms with E-state index in [9.17, 15) is 0 Å². The number of methoxy groups -OCH3 is 1. The lowest BCUT2D eigenvalue weighted by atomic mass is 9.78. The third-order valence-electron chi connectivity index (χ3n) is 5.77. The normalized spacial score (nSPS) is 22.8. The number of rotatable bonds is 5. The van der Waals surface area contributed by atoms with Gasteiger partial charge in [0.2, 0.25) is 11.8 Å². The Hall–Kier alpha value is -1.99. The first-order chi connectivity index (χ1) is 13.1. The van der Waals surface area contributed by atoms with E-state index < -0.39 is 0 Å². The van der Waals surface area contributed by atoms with Crippen LogP contribution in [-0.4, -0.2) is 52.4 Å². The van der Waals surface area contributed by atoms with Crippen molar-refractivity contribution < 1.29 is 14.0 Å². The highest BCUT2D eigenvalue weighted by atomic mass is 16.5. The summed E-state index contributed by atoms with van der Waals surface area (Å²) in [5.41, 5.74) is 1.07. The monoisotopic (exact) mass is 372 g/mol. The van der Waals surface area contributed by atoms with Crippen molar-refractivity contribution in [2.45, 2.75) is 51.2 Å². The Morgan fingerprint density at radius 3 is 2.85 bits per heavy atom. The van der Waals surface area contributed by atoms with E-state index in [1.54, 1.807) is 7.11 Å². The van der Waals surface area contributed by atoms with Gasteiger partial charge >= 0.3 is 0 Å². The molecule has 7 nitrogen and oxygen atoms in total. The lowest BCUT2D eigenvalue weighted by molar-refractivity contribution is -0.128. The van der Waals surface area contributed by atoms with E-state index in [1.165, 1.54) is 0 Å². The Kier molecular flexibility index (Phi) is 5.41. The molecule has 0 amide bonds. The predicted octanol–water partition coefficient (Wildman–Crippen LogP) is 2.79. The van der Waals surface area contributed by atoms with Gasteiger partial charge in [-0.2, -0.15) is 4.98 Å². The van der Waals surface area contributed by atoms with Crippen LogP contribution in [0, 0.1) is 12.8 Å². The largest absolute Gasteiger partial charge is 0.481 e. The minimum atomic E-state index is 0.0102. The summed E-state index contributed by atoms with van der Waals surface area (Å²) in [5, 5.41) is 3.91. The second kappa shape index (κ2) is 7.94. The molecule has 2 aliphatic heterocycles. The third kappa shape index (κ3) is 4.47. The number of ether oxygens (including phenoxy) is 2. The molecule has 0 aromatic carbocycles. The van der Waals surface area contributed by atoms with Gasteiger partial charge in [0, 0.05) is 38.7 Å². The van der Waals surface area contributed by atoms with Crippen LogP contribution in [0.2, 0.25) is 0 Å². The van der Waals surface area contributed by atoms with E-state index in [-0.39, 0.29) is 5.60 Å². The van der Waals surface area contributed by atoms with Gasteiger partial charge in [0.1, 0.15) is 0 Å². The summed E-state index contributed by atoms with van der Waals surface area (Å²) in [6.45, 7) is 5.62. The number of likely N-dealkylation sites (tertiary alicyclic amines) is 1. The fourth-order valence-electron chi connectivity index (χ4n) is 4.33. The van der Waals surface area contributed by atoms with Crippen LogP contribution in [0.3, 0.4) is 0 Å². The number of pyridine rings is 1. The first kappa shape index (κ1) is 18.4. The summed E-state index contributed by atoms with van der Waals surface area (Å²) in [5.74, 6) is 2.71. The standard InChI is InChI=1S/C20H28N4O3/c1-15-21-19(27-23-15)12-16-6-11-26-20(13-16)7-9-24(10-8-20)14-17-4-3-5-18(22-17)25-2/h3-5,16H,6-14H2,1-2H3. The highest BCUT2D eigenvalue weighted by Crippen LogP contribution is 2.38. The van der Waals surface area contributed by atoms with Gasteiger partial charge in [0.15, 0.2) is 5.82 Å². The number of aromatic nitrogens is 3. The summed E-state index contributed by atoms with van der Waals surface area (Å²) in [6, 6.07) is 5.95. The fraction of sp³-hybridized carbons (Fsp3) is 0.650. The van der Waals surface area contributed by atoms with Gasteiger partial charge in [-0.15, -0.1) is 0 Å². The van der Waals surface area contributed by atoms with Crippen molar-refractivity contribution in [1.29, 1.82) is 0 Å². The zero-order valence-corrected chi connectivity index (χ0v) is 16.2. The molecule has 0 aliphatic carbocycles. The first-order valence-corrected chi connectivity index (χ1v) is 9.80. The molecule has 2 aromatic rings. The molecule has 2 fully saturated rings. The molecule has 0 bridgehead atoms. The second-order valence-electron chi connectivity index (χ2n) is 7.78. The Labute approximate surface area is 160 Å². The minimum absolute atomic E-state index is 0.0102. The third-order valence-corrected chi connectivity index (χ3v) is 5.77. The molecule has 4 rings (SSSR count). The molecule has 2 aromatic heterocycles. The maximum atomic E-state index is 6.29. The molecule has 1 spiro atoms. The van der Waals surface area contributed by atoms with Gasteiger partial charge in [0.05, 0.1) is 18.4 Å². The van der Waals surface area contributed by atoms with Gasteiger partial charge in [-0.3, -0.25) is 4.90 Å². The van der Waals surface area contributed by atoms with Crippen LogP contribution in [0.25, 0.3) is 0 Å². The van der Waals surface area contributed by atoms with Crippen LogP contribution in [-0.2, 0) is 17.7 Å². The van der Waals surface area contributed by atoms with Crippen molar-refractivity contribution in [3.63, 3.8) is 0 Å². The number of piperidine rings is 1. The Morgan fingerprint density at radius 2 is 2.11 bits per heavy atom. The van der Waals surface area contributed by atoms with Crippen molar-refractivity contribution in [2.75, 3.05) is 26.8 Å². The van der Waals surface area contributed by atoms with Gasteiger partial charge in [0.25, 0.3) is 0 Å². The Bertz CT molecular complexity index is 755. The average molecular weight is 372 g/mol. The smallest absolute Gasteiger partial charge is 0.226 e. The van der Waals surface area contributed by atoms with Crippen molar-refractivity contribution in [3.05, 3.63) is 35.6 Å². The number of hydrogen-bond acceptors (Lipinski definition) is 7. The lowest BCUT2D eigenvalue weighted by Crippen LogP contribution is -2.49. The SMILES string of the molecule is COc1cccc(CN2CCC3(CC2)CC(Cc2nc(C)no2)CCO3)n1. The van der Waals surface area contributed by atoms with Crippen molar-refractivity contribution in [2.24, 2.45) is 5.92 Å². The van der Waals surface area contributed by atoms with Crippen LogP contribution in [0.1, 0.15) is 43.1 Å². The summed E-state index contributed by atoms with van der Waals surface area (Å²) < 4.78 is 16.8. The van der Waals surface area contributed by atoms with E-state index in [4.69, 9.17) is 14.0 Å². The van der Waals surface area contributed by atoms with Crippen molar-refractivity contribution in [1.82, 2.24) is 20.0 Å². The molecule has 0 saturated carbocycles. The quantitative estimate of drug-likeness (QED) is 0.799. The average Bonchev–Trinajstić information content (AvgIpc) is 3.09. The second-order valence-corrected chi connectivity index (χ2v) is 7.78. The van der Waals surface area contributed by atoms with E-state index in [0.717, 1.165) is 69.9 Å². The minimum Gasteiger partial charge on any atom is -0.481 e. The van der Waals surface area contributed by atoms with Gasteiger partial charge < -0.3 is 14.0 Å². The van der Waals surface area contributed by atoms with Gasteiger partial charge in [-0.1, -0.05) is 11.2 Å². The summed E-state index contributed by atoms with van der Waals surface area (Å²) >= 11 is 0. The molecular formula is C20H28N4O3. The van der Waals surface area contributed by atoms with Crippen LogP contribution < -0.4 is 4.74 Å². The Morgan fingerprint density at radius 1 is 1.26 bits per heavy atom. The van der Waals surface area contributed by atoms with Crippen molar-refractivity contribution in [3.8, 4) is 5.88 Å². The molecule has 0 N–H and O–H groups in total. The molecule has 1 unspecified atom stereocenters. The molecule has 1 atom stereocenters. The molecule has 146 valence electrons. The van der Waals surface area contributed by atoms with E-state index >= 15 is 0 Å². The van der Waals surface area contributed by atoms with E-state index in [1.807, 2.05) is 19.1 Å². The summed E-state index contributed by atoms with van der Waals surface area (Å²) in [7, 11) is 1.66. The van der Waals surface area contributed by atoms with Crippen LogP contribution in [0.5, 0.6) is 5.88 Å². The summed E-state index contributed by atoms with van der Waals surface area (Å²) in [6.07, 6.45) is 5.15. The van der Waals surface area contributed by atoms with Crippen molar-refractivity contribution >= 4 is 0 Å². The number of hydrogen-bond donors (Lipinski definition) is 0. The number of nitrogens with zero attached hydrogens (tertiary/aromatic N) is 4.